The van der Waals surface area contributed by atoms with Gasteiger partial charge in [0.05, 0.1) is 11.3 Å². The maximum atomic E-state index is 12.5. The molecule has 1 amide bonds. The third-order valence-corrected chi connectivity index (χ3v) is 5.82. The third-order valence-electron chi connectivity index (χ3n) is 4.74. The number of carbonyl (C=O) groups excluding carboxylic acids is 1. The second kappa shape index (κ2) is 7.12. The number of fused-ring (bicyclic) bond motifs is 2. The van der Waals surface area contributed by atoms with Crippen molar-refractivity contribution in [3.63, 3.8) is 0 Å². The standard InChI is InChI=1S/C19H22N2O3S/c1-13-8-14-9-16-17(24-12-23-16)10-15(14)20-19(13)25-11-18(22)21-6-4-2-3-5-7-21/h8-10H,2-7,11-12H2,1H3. The Morgan fingerprint density at radius 1 is 1.12 bits per heavy atom. The van der Waals surface area contributed by atoms with Gasteiger partial charge < -0.3 is 14.4 Å². The summed E-state index contributed by atoms with van der Waals surface area (Å²) in [5.74, 6) is 2.17. The minimum atomic E-state index is 0.221. The lowest BCUT2D eigenvalue weighted by molar-refractivity contribution is -0.128. The van der Waals surface area contributed by atoms with Gasteiger partial charge >= 0.3 is 0 Å². The van der Waals surface area contributed by atoms with Gasteiger partial charge in [-0.2, -0.15) is 0 Å². The molecule has 25 heavy (non-hydrogen) atoms. The Morgan fingerprint density at radius 3 is 2.60 bits per heavy atom. The molecule has 0 unspecified atom stereocenters. The molecule has 5 nitrogen and oxygen atoms in total. The molecule has 0 spiro atoms. The summed E-state index contributed by atoms with van der Waals surface area (Å²) < 4.78 is 10.9. The summed E-state index contributed by atoms with van der Waals surface area (Å²) in [6, 6.07) is 5.98. The summed E-state index contributed by atoms with van der Waals surface area (Å²) in [5.41, 5.74) is 1.96. The summed E-state index contributed by atoms with van der Waals surface area (Å²) >= 11 is 1.53. The highest BCUT2D eigenvalue weighted by Gasteiger charge is 2.18. The molecule has 132 valence electrons. The highest BCUT2D eigenvalue weighted by Crippen LogP contribution is 2.36. The van der Waals surface area contributed by atoms with Crippen molar-refractivity contribution >= 4 is 28.6 Å². The molecule has 0 N–H and O–H groups in total. The van der Waals surface area contributed by atoms with E-state index in [4.69, 9.17) is 14.5 Å². The van der Waals surface area contributed by atoms with Crippen LogP contribution in [0.3, 0.4) is 0 Å². The average molecular weight is 358 g/mol. The fraction of sp³-hybridized carbons (Fsp3) is 0.474. The SMILES string of the molecule is Cc1cc2cc3c(cc2nc1SCC(=O)N1CCCCCC1)OCO3. The van der Waals surface area contributed by atoms with Crippen LogP contribution in [0.4, 0.5) is 0 Å². The van der Waals surface area contributed by atoms with E-state index in [2.05, 4.69) is 6.07 Å². The van der Waals surface area contributed by atoms with E-state index in [9.17, 15) is 4.79 Å². The molecule has 0 atom stereocenters. The molecule has 0 radical (unpaired) electrons. The number of pyridine rings is 1. The van der Waals surface area contributed by atoms with Crippen LogP contribution in [0.15, 0.2) is 23.2 Å². The summed E-state index contributed by atoms with van der Waals surface area (Å²) in [4.78, 5) is 19.2. The highest BCUT2D eigenvalue weighted by molar-refractivity contribution is 7.99. The van der Waals surface area contributed by atoms with Gasteiger partial charge in [-0.1, -0.05) is 24.6 Å². The molecule has 6 heteroatoms. The van der Waals surface area contributed by atoms with Gasteiger partial charge in [0.25, 0.3) is 0 Å². The minimum Gasteiger partial charge on any atom is -0.454 e. The molecule has 1 aromatic heterocycles. The van der Waals surface area contributed by atoms with Crippen molar-refractivity contribution in [1.82, 2.24) is 9.88 Å². The van der Waals surface area contributed by atoms with Crippen molar-refractivity contribution in [3.05, 3.63) is 23.8 Å². The van der Waals surface area contributed by atoms with Crippen LogP contribution < -0.4 is 9.47 Å². The lowest BCUT2D eigenvalue weighted by Gasteiger charge is -2.20. The number of aryl methyl sites for hydroxylation is 1. The van der Waals surface area contributed by atoms with E-state index in [1.54, 1.807) is 0 Å². The number of nitrogens with zero attached hydrogens (tertiary/aromatic N) is 2. The van der Waals surface area contributed by atoms with E-state index in [0.29, 0.717) is 5.75 Å². The predicted octanol–water partition coefficient (Wildman–Crippen LogP) is 3.77. The smallest absolute Gasteiger partial charge is 0.232 e. The maximum Gasteiger partial charge on any atom is 0.232 e. The second-order valence-corrected chi connectivity index (χ2v) is 7.56. The Hall–Kier alpha value is -1.95. The van der Waals surface area contributed by atoms with Crippen LogP contribution in [0, 0.1) is 6.92 Å². The number of benzene rings is 1. The Morgan fingerprint density at radius 2 is 1.84 bits per heavy atom. The second-order valence-electron chi connectivity index (χ2n) is 6.59. The fourth-order valence-electron chi connectivity index (χ4n) is 3.34. The summed E-state index contributed by atoms with van der Waals surface area (Å²) in [6.45, 7) is 4.09. The number of ether oxygens (including phenoxy) is 2. The van der Waals surface area contributed by atoms with Gasteiger partial charge in [0.1, 0.15) is 5.03 Å². The van der Waals surface area contributed by atoms with E-state index in [-0.39, 0.29) is 12.7 Å². The van der Waals surface area contributed by atoms with E-state index in [1.807, 2.05) is 24.0 Å². The number of amides is 1. The maximum absolute atomic E-state index is 12.5. The molecular weight excluding hydrogens is 336 g/mol. The van der Waals surface area contributed by atoms with Crippen molar-refractivity contribution < 1.29 is 14.3 Å². The van der Waals surface area contributed by atoms with Crippen LogP contribution in [-0.2, 0) is 4.79 Å². The van der Waals surface area contributed by atoms with Gasteiger partial charge in [0.15, 0.2) is 11.5 Å². The Kier molecular flexibility index (Phi) is 4.70. The fourth-order valence-corrected chi connectivity index (χ4v) is 4.23. The number of likely N-dealkylation sites (tertiary alicyclic amines) is 1. The molecule has 3 heterocycles. The van der Waals surface area contributed by atoms with Crippen molar-refractivity contribution in [2.45, 2.75) is 37.6 Å². The molecule has 4 rings (SSSR count). The molecule has 2 aromatic rings. The van der Waals surface area contributed by atoms with Crippen molar-refractivity contribution in [2.75, 3.05) is 25.6 Å². The van der Waals surface area contributed by atoms with Crippen molar-refractivity contribution in [3.8, 4) is 11.5 Å². The van der Waals surface area contributed by atoms with Gasteiger partial charge in [0.2, 0.25) is 12.7 Å². The van der Waals surface area contributed by atoms with Gasteiger partial charge in [-0.25, -0.2) is 4.98 Å². The van der Waals surface area contributed by atoms with Gasteiger partial charge in [-0.05, 0) is 37.5 Å². The van der Waals surface area contributed by atoms with Crippen LogP contribution in [0.1, 0.15) is 31.2 Å². The van der Waals surface area contributed by atoms with Crippen LogP contribution in [0.2, 0.25) is 0 Å². The molecule has 2 aliphatic rings. The Labute approximate surface area is 151 Å². The first-order valence-electron chi connectivity index (χ1n) is 8.82. The average Bonchev–Trinajstić information content (AvgIpc) is 2.88. The third kappa shape index (κ3) is 3.54. The Bertz CT molecular complexity index is 801. The van der Waals surface area contributed by atoms with Gasteiger partial charge in [-0.3, -0.25) is 4.79 Å². The van der Waals surface area contributed by atoms with Crippen molar-refractivity contribution in [1.29, 1.82) is 0 Å². The number of carbonyl (C=O) groups is 1. The predicted molar refractivity (Wildman–Crippen MR) is 98.4 cm³/mol. The number of hydrogen-bond donors (Lipinski definition) is 0. The first-order valence-corrected chi connectivity index (χ1v) is 9.81. The highest BCUT2D eigenvalue weighted by atomic mass is 32.2. The molecule has 1 fully saturated rings. The van der Waals surface area contributed by atoms with E-state index < -0.39 is 0 Å². The van der Waals surface area contributed by atoms with Crippen LogP contribution in [-0.4, -0.2) is 41.4 Å². The van der Waals surface area contributed by atoms with Gasteiger partial charge in [-0.15, -0.1) is 0 Å². The largest absolute Gasteiger partial charge is 0.454 e. The first kappa shape index (κ1) is 16.5. The molecule has 2 aliphatic heterocycles. The lowest BCUT2D eigenvalue weighted by atomic mass is 10.1. The van der Waals surface area contributed by atoms with Gasteiger partial charge in [0, 0.05) is 24.5 Å². The number of rotatable bonds is 3. The quantitative estimate of drug-likeness (QED) is 0.782. The lowest BCUT2D eigenvalue weighted by Crippen LogP contribution is -2.33. The van der Waals surface area contributed by atoms with E-state index in [1.165, 1.54) is 24.6 Å². The Balaban J connectivity index is 1.50. The number of thioether (sulfide) groups is 1. The zero-order chi connectivity index (χ0) is 17.2. The number of aromatic nitrogens is 1. The normalized spacial score (nSPS) is 16.9. The molecule has 0 bridgehead atoms. The zero-order valence-corrected chi connectivity index (χ0v) is 15.2. The zero-order valence-electron chi connectivity index (χ0n) is 14.4. The summed E-state index contributed by atoms with van der Waals surface area (Å²) in [5, 5.41) is 1.94. The van der Waals surface area contributed by atoms with E-state index >= 15 is 0 Å². The molecule has 1 saturated heterocycles. The molecule has 0 aliphatic carbocycles. The molecule has 0 saturated carbocycles. The molecule has 1 aromatic carbocycles. The van der Waals surface area contributed by atoms with E-state index in [0.717, 1.165) is 58.9 Å². The minimum absolute atomic E-state index is 0.221. The number of hydrogen-bond acceptors (Lipinski definition) is 5. The summed E-state index contributed by atoms with van der Waals surface area (Å²) in [7, 11) is 0. The topological polar surface area (TPSA) is 51.7 Å². The van der Waals surface area contributed by atoms with Crippen LogP contribution in [0.5, 0.6) is 11.5 Å². The van der Waals surface area contributed by atoms with Crippen LogP contribution in [0.25, 0.3) is 10.9 Å². The monoisotopic (exact) mass is 358 g/mol. The van der Waals surface area contributed by atoms with Crippen LogP contribution >= 0.6 is 11.8 Å². The van der Waals surface area contributed by atoms with Crippen molar-refractivity contribution in [2.24, 2.45) is 0 Å². The summed E-state index contributed by atoms with van der Waals surface area (Å²) in [6.07, 6.45) is 4.71. The molecular formula is C19H22N2O3S. The first-order chi connectivity index (χ1) is 12.2.